The molecule has 0 aromatic heterocycles. The van der Waals surface area contributed by atoms with Crippen molar-refractivity contribution in [2.24, 2.45) is 5.92 Å². The van der Waals surface area contributed by atoms with Gasteiger partial charge in [-0.1, -0.05) is 68.4 Å². The van der Waals surface area contributed by atoms with Crippen LogP contribution in [0.15, 0.2) is 78.9 Å². The van der Waals surface area contributed by atoms with E-state index in [9.17, 15) is 27.2 Å². The maximum absolute atomic E-state index is 14.0. The quantitative estimate of drug-likeness (QED) is 0.305. The number of Topliss-reactive ketones (excluding diaryl/α,β-unsaturated/α-hetero) is 1. The molecule has 0 radical (unpaired) electrons. The van der Waals surface area contributed by atoms with E-state index >= 15 is 0 Å². The summed E-state index contributed by atoms with van der Waals surface area (Å²) in [5.41, 5.74) is 1.82. The van der Waals surface area contributed by atoms with Crippen LogP contribution in [0.25, 0.3) is 0 Å². The highest BCUT2D eigenvalue weighted by atomic mass is 32.2. The van der Waals surface area contributed by atoms with Gasteiger partial charge in [0.2, 0.25) is 21.8 Å². The minimum absolute atomic E-state index is 0.0587. The summed E-state index contributed by atoms with van der Waals surface area (Å²) in [5.74, 6) is -1.56. The molecular formula is C31H36FN3O5S. The van der Waals surface area contributed by atoms with E-state index in [1.165, 1.54) is 48.2 Å². The minimum atomic E-state index is -3.97. The van der Waals surface area contributed by atoms with Gasteiger partial charge < -0.3 is 10.2 Å². The van der Waals surface area contributed by atoms with Crippen LogP contribution in [0.4, 0.5) is 10.1 Å². The number of anilines is 1. The normalized spacial score (nSPS) is 12.0. The van der Waals surface area contributed by atoms with E-state index in [4.69, 9.17) is 0 Å². The average molecular weight is 582 g/mol. The van der Waals surface area contributed by atoms with Crippen LogP contribution in [0.1, 0.15) is 42.3 Å². The highest BCUT2D eigenvalue weighted by Crippen LogP contribution is 2.22. The Balaban J connectivity index is 2.06. The molecule has 218 valence electrons. The Labute approximate surface area is 241 Å². The third-order valence-corrected chi connectivity index (χ3v) is 7.58. The number of hydrogen-bond donors (Lipinski definition) is 1. The smallest absolute Gasteiger partial charge is 0.244 e. The van der Waals surface area contributed by atoms with Crippen LogP contribution in [-0.4, -0.2) is 56.3 Å². The Morgan fingerprint density at radius 2 is 1.56 bits per heavy atom. The van der Waals surface area contributed by atoms with E-state index in [1.807, 2.05) is 44.2 Å². The zero-order valence-corrected chi connectivity index (χ0v) is 24.5. The maximum atomic E-state index is 14.0. The summed E-state index contributed by atoms with van der Waals surface area (Å²) in [6, 6.07) is 19.8. The number of carbonyl (C=O) groups excluding carboxylic acids is 3. The lowest BCUT2D eigenvalue weighted by atomic mass is 10.0. The molecule has 0 bridgehead atoms. The van der Waals surface area contributed by atoms with E-state index < -0.39 is 34.3 Å². The van der Waals surface area contributed by atoms with Crippen LogP contribution in [0.3, 0.4) is 0 Å². The van der Waals surface area contributed by atoms with Gasteiger partial charge in [-0.25, -0.2) is 12.8 Å². The van der Waals surface area contributed by atoms with Crippen molar-refractivity contribution in [1.82, 2.24) is 10.2 Å². The average Bonchev–Trinajstić information content (AvgIpc) is 2.93. The molecule has 1 N–H and O–H groups in total. The Kier molecular flexibility index (Phi) is 10.8. The SMILES string of the molecule is CC(=O)c1cccc(N(CC(=O)N(Cc2ccc(F)cc2)[C@H](Cc2ccccc2)C(=O)NCC(C)C)S(C)(=O)=O)c1. The summed E-state index contributed by atoms with van der Waals surface area (Å²) < 4.78 is 40.4. The van der Waals surface area contributed by atoms with Crippen molar-refractivity contribution in [1.29, 1.82) is 0 Å². The standard InChI is InChI=1S/C31H36FN3O5S/c1-22(2)19-33-31(38)29(17-24-9-6-5-7-10-24)34(20-25-13-15-27(32)16-14-25)30(37)21-35(41(4,39)40)28-12-8-11-26(18-28)23(3)36/h5-16,18,22,29H,17,19-21H2,1-4H3,(H,33,38)/t29-/m1/s1. The van der Waals surface area contributed by atoms with Gasteiger partial charge >= 0.3 is 0 Å². The van der Waals surface area contributed by atoms with Crippen LogP contribution >= 0.6 is 0 Å². The fourth-order valence-electron chi connectivity index (χ4n) is 4.26. The Morgan fingerprint density at radius 1 is 0.902 bits per heavy atom. The summed E-state index contributed by atoms with van der Waals surface area (Å²) in [4.78, 5) is 40.9. The molecule has 10 heteroatoms. The molecule has 2 amide bonds. The number of hydrogen-bond acceptors (Lipinski definition) is 5. The Morgan fingerprint density at radius 3 is 2.15 bits per heavy atom. The topological polar surface area (TPSA) is 104 Å². The van der Waals surface area contributed by atoms with Gasteiger partial charge in [0.1, 0.15) is 18.4 Å². The van der Waals surface area contributed by atoms with Crippen molar-refractivity contribution in [2.45, 2.75) is 39.8 Å². The molecule has 8 nitrogen and oxygen atoms in total. The molecule has 0 aliphatic heterocycles. The van der Waals surface area contributed by atoms with E-state index in [-0.39, 0.29) is 36.3 Å². The molecule has 1 atom stereocenters. The van der Waals surface area contributed by atoms with Crippen LogP contribution in [-0.2, 0) is 32.6 Å². The number of rotatable bonds is 13. The second-order valence-electron chi connectivity index (χ2n) is 10.4. The first-order chi connectivity index (χ1) is 19.3. The molecule has 3 aromatic carbocycles. The van der Waals surface area contributed by atoms with Crippen molar-refractivity contribution in [2.75, 3.05) is 23.7 Å². The molecule has 41 heavy (non-hydrogen) atoms. The highest BCUT2D eigenvalue weighted by Gasteiger charge is 2.33. The van der Waals surface area contributed by atoms with Crippen molar-refractivity contribution >= 4 is 33.3 Å². The Bertz CT molecular complexity index is 1460. The van der Waals surface area contributed by atoms with Gasteiger partial charge in [-0.3, -0.25) is 18.7 Å². The number of halogens is 1. The lowest BCUT2D eigenvalue weighted by Crippen LogP contribution is -2.53. The van der Waals surface area contributed by atoms with Crippen LogP contribution in [0.2, 0.25) is 0 Å². The van der Waals surface area contributed by atoms with Crippen LogP contribution in [0, 0.1) is 11.7 Å². The molecule has 0 aliphatic carbocycles. The number of sulfonamides is 1. The zero-order chi connectivity index (χ0) is 30.2. The first kappa shape index (κ1) is 31.5. The van der Waals surface area contributed by atoms with Gasteiger partial charge in [0.05, 0.1) is 11.9 Å². The number of amides is 2. The van der Waals surface area contributed by atoms with Crippen molar-refractivity contribution < 1.29 is 27.2 Å². The minimum Gasteiger partial charge on any atom is -0.354 e. The highest BCUT2D eigenvalue weighted by molar-refractivity contribution is 7.92. The predicted molar refractivity (Wildman–Crippen MR) is 157 cm³/mol. The van der Waals surface area contributed by atoms with Gasteiger partial charge in [-0.05, 0) is 48.2 Å². The summed E-state index contributed by atoms with van der Waals surface area (Å²) in [5, 5.41) is 2.91. The van der Waals surface area contributed by atoms with Crippen molar-refractivity contribution in [3.63, 3.8) is 0 Å². The molecule has 3 aromatic rings. The molecule has 0 fully saturated rings. The molecule has 3 rings (SSSR count). The van der Waals surface area contributed by atoms with Crippen LogP contribution in [0.5, 0.6) is 0 Å². The van der Waals surface area contributed by atoms with E-state index in [1.54, 1.807) is 12.1 Å². The van der Waals surface area contributed by atoms with Gasteiger partial charge in [-0.2, -0.15) is 0 Å². The summed E-state index contributed by atoms with van der Waals surface area (Å²) in [6.45, 7) is 4.99. The zero-order valence-electron chi connectivity index (χ0n) is 23.7. The van der Waals surface area contributed by atoms with Crippen LogP contribution < -0.4 is 9.62 Å². The first-order valence-electron chi connectivity index (χ1n) is 13.3. The van der Waals surface area contributed by atoms with Crippen molar-refractivity contribution in [3.05, 3.63) is 101 Å². The number of nitrogens with zero attached hydrogens (tertiary/aromatic N) is 2. The first-order valence-corrected chi connectivity index (χ1v) is 15.1. The van der Waals surface area contributed by atoms with Gasteiger partial charge in [0.25, 0.3) is 0 Å². The lowest BCUT2D eigenvalue weighted by molar-refractivity contribution is -0.140. The molecule has 0 aliphatic rings. The maximum Gasteiger partial charge on any atom is 0.244 e. The fraction of sp³-hybridized carbons (Fsp3) is 0.323. The molecule has 0 unspecified atom stereocenters. The third kappa shape index (κ3) is 9.24. The van der Waals surface area contributed by atoms with Gasteiger partial charge in [0.15, 0.2) is 5.78 Å². The second-order valence-corrected chi connectivity index (χ2v) is 12.3. The van der Waals surface area contributed by atoms with E-state index in [0.29, 0.717) is 17.7 Å². The van der Waals surface area contributed by atoms with E-state index in [2.05, 4.69) is 5.32 Å². The summed E-state index contributed by atoms with van der Waals surface area (Å²) in [7, 11) is -3.97. The molecule has 0 saturated carbocycles. The lowest BCUT2D eigenvalue weighted by Gasteiger charge is -2.33. The molecule has 0 spiro atoms. The molecule has 0 heterocycles. The summed E-state index contributed by atoms with van der Waals surface area (Å²) in [6.07, 6.45) is 1.15. The number of ketones is 1. The van der Waals surface area contributed by atoms with E-state index in [0.717, 1.165) is 16.1 Å². The Hall–Kier alpha value is -4.05. The second kappa shape index (κ2) is 14.0. The fourth-order valence-corrected chi connectivity index (χ4v) is 5.10. The third-order valence-electron chi connectivity index (χ3n) is 6.44. The predicted octanol–water partition coefficient (Wildman–Crippen LogP) is 4.21. The molecular weight excluding hydrogens is 545 g/mol. The largest absolute Gasteiger partial charge is 0.354 e. The van der Waals surface area contributed by atoms with Crippen molar-refractivity contribution in [3.8, 4) is 0 Å². The molecule has 0 saturated heterocycles. The summed E-state index contributed by atoms with van der Waals surface area (Å²) >= 11 is 0. The number of benzene rings is 3. The monoisotopic (exact) mass is 581 g/mol. The van der Waals surface area contributed by atoms with Gasteiger partial charge in [0, 0.05) is 25.1 Å². The van der Waals surface area contributed by atoms with Gasteiger partial charge in [-0.15, -0.1) is 0 Å². The number of nitrogens with one attached hydrogen (secondary N) is 1. The number of carbonyl (C=O) groups is 3.